The highest BCUT2D eigenvalue weighted by atomic mass is 32.2. The van der Waals surface area contributed by atoms with Crippen LogP contribution in [-0.2, 0) is 10.0 Å². The van der Waals surface area contributed by atoms with E-state index in [-0.39, 0.29) is 33.2 Å². The highest BCUT2D eigenvalue weighted by molar-refractivity contribution is 7.92. The van der Waals surface area contributed by atoms with E-state index < -0.39 is 52.0 Å². The fourth-order valence-corrected chi connectivity index (χ4v) is 5.51. The molecular formula is C24H18F5N3O5S. The van der Waals surface area contributed by atoms with Gasteiger partial charge in [-0.3, -0.25) is 14.1 Å². The number of ether oxygens (including phenoxy) is 1. The fourth-order valence-electron chi connectivity index (χ4n) is 4.48. The van der Waals surface area contributed by atoms with Crippen LogP contribution in [0.4, 0.5) is 27.8 Å². The first-order valence-electron chi connectivity index (χ1n) is 11.1. The molecule has 2 heterocycles. The third-order valence-corrected chi connectivity index (χ3v) is 7.83. The highest BCUT2D eigenvalue weighted by Crippen LogP contribution is 2.56. The third-order valence-electron chi connectivity index (χ3n) is 6.48. The van der Waals surface area contributed by atoms with Gasteiger partial charge in [0.25, 0.3) is 15.6 Å². The van der Waals surface area contributed by atoms with Gasteiger partial charge in [-0.1, -0.05) is 5.16 Å². The van der Waals surface area contributed by atoms with Gasteiger partial charge >= 0.3 is 6.18 Å². The summed E-state index contributed by atoms with van der Waals surface area (Å²) < 4.78 is 107. The molecule has 1 aliphatic carbocycles. The topological polar surface area (TPSA) is 103 Å². The molecule has 0 saturated heterocycles. The van der Waals surface area contributed by atoms with Crippen LogP contribution in [0.1, 0.15) is 24.3 Å². The molecule has 0 unspecified atom stereocenters. The van der Waals surface area contributed by atoms with Crippen molar-refractivity contribution in [1.29, 1.82) is 0 Å². The van der Waals surface area contributed by atoms with Crippen LogP contribution in [0.25, 0.3) is 16.6 Å². The second-order valence-electron chi connectivity index (χ2n) is 8.83. The molecule has 38 heavy (non-hydrogen) atoms. The van der Waals surface area contributed by atoms with Gasteiger partial charge in [-0.05, 0) is 54.7 Å². The summed E-state index contributed by atoms with van der Waals surface area (Å²) in [6.45, 7) is 0. The lowest BCUT2D eigenvalue weighted by Gasteiger charge is -2.42. The van der Waals surface area contributed by atoms with E-state index in [1.165, 1.54) is 43.7 Å². The van der Waals surface area contributed by atoms with Crippen LogP contribution in [0.15, 0.2) is 69.0 Å². The number of alkyl halides is 4. The highest BCUT2D eigenvalue weighted by Gasteiger charge is 2.63. The minimum Gasteiger partial charge on any atom is -0.495 e. The van der Waals surface area contributed by atoms with Crippen molar-refractivity contribution in [2.45, 2.75) is 35.5 Å². The number of nitrogens with one attached hydrogen (secondary N) is 1. The number of halogens is 5. The Morgan fingerprint density at radius 3 is 2.50 bits per heavy atom. The Kier molecular flexibility index (Phi) is 5.97. The molecular weight excluding hydrogens is 537 g/mol. The number of rotatable bonds is 6. The lowest BCUT2D eigenvalue weighted by molar-refractivity contribution is -0.259. The number of fused-ring (bicyclic) bond motifs is 1. The molecule has 0 radical (unpaired) electrons. The number of pyridine rings is 1. The largest absolute Gasteiger partial charge is 0.495 e. The summed E-state index contributed by atoms with van der Waals surface area (Å²) in [5.74, 6) is -2.04. The van der Waals surface area contributed by atoms with Crippen molar-refractivity contribution in [1.82, 2.24) is 9.72 Å². The van der Waals surface area contributed by atoms with Gasteiger partial charge in [0.1, 0.15) is 17.8 Å². The van der Waals surface area contributed by atoms with Crippen LogP contribution >= 0.6 is 0 Å². The zero-order chi connectivity index (χ0) is 27.5. The number of nitrogens with zero attached hydrogens (tertiary/aromatic N) is 2. The van der Waals surface area contributed by atoms with Crippen LogP contribution in [0.5, 0.6) is 5.75 Å². The van der Waals surface area contributed by atoms with E-state index in [4.69, 9.17) is 4.74 Å². The first kappa shape index (κ1) is 25.7. The van der Waals surface area contributed by atoms with Gasteiger partial charge in [0, 0.05) is 23.6 Å². The normalized spacial score (nSPS) is 19.8. The molecule has 200 valence electrons. The first-order valence-corrected chi connectivity index (χ1v) is 12.5. The van der Waals surface area contributed by atoms with E-state index in [0.29, 0.717) is 5.39 Å². The van der Waals surface area contributed by atoms with Crippen molar-refractivity contribution in [3.05, 3.63) is 76.5 Å². The lowest BCUT2D eigenvalue weighted by Crippen LogP contribution is -2.50. The number of methoxy groups -OCH3 is 1. The van der Waals surface area contributed by atoms with E-state index in [0.717, 1.165) is 22.8 Å². The van der Waals surface area contributed by atoms with Crippen molar-refractivity contribution >= 4 is 26.7 Å². The molecule has 1 aliphatic rings. The Morgan fingerprint density at radius 1 is 1.13 bits per heavy atom. The van der Waals surface area contributed by atoms with Gasteiger partial charge in [-0.15, -0.1) is 0 Å². The maximum Gasteiger partial charge on any atom is 0.422 e. The molecule has 0 spiro atoms. The van der Waals surface area contributed by atoms with Crippen LogP contribution < -0.4 is 15.0 Å². The molecule has 0 amide bonds. The zero-order valence-electron chi connectivity index (χ0n) is 19.4. The number of anilines is 1. The number of aromatic nitrogens is 2. The van der Waals surface area contributed by atoms with Crippen molar-refractivity contribution in [2.75, 3.05) is 11.8 Å². The molecule has 8 nitrogen and oxygen atoms in total. The van der Waals surface area contributed by atoms with E-state index >= 15 is 4.39 Å². The zero-order valence-corrected chi connectivity index (χ0v) is 20.2. The van der Waals surface area contributed by atoms with Crippen LogP contribution in [0.3, 0.4) is 0 Å². The summed E-state index contributed by atoms with van der Waals surface area (Å²) in [4.78, 5) is 12.7. The summed E-state index contributed by atoms with van der Waals surface area (Å²) in [5.41, 5.74) is -4.02. The minimum atomic E-state index is -5.06. The summed E-state index contributed by atoms with van der Waals surface area (Å²) in [6.07, 6.45) is -5.73. The van der Waals surface area contributed by atoms with Crippen molar-refractivity contribution in [3.8, 4) is 11.4 Å². The Hall–Kier alpha value is -3.94. The number of hydrogen-bond acceptors (Lipinski definition) is 6. The maximum atomic E-state index is 15.1. The predicted octanol–water partition coefficient (Wildman–Crippen LogP) is 5.08. The third kappa shape index (κ3) is 4.27. The molecule has 5 rings (SSSR count). The van der Waals surface area contributed by atoms with Gasteiger partial charge < -0.3 is 9.26 Å². The molecule has 1 N–H and O–H groups in total. The van der Waals surface area contributed by atoms with Crippen molar-refractivity contribution in [3.63, 3.8) is 0 Å². The Bertz CT molecular complexity index is 1700. The number of sulfonamides is 1. The summed E-state index contributed by atoms with van der Waals surface area (Å²) in [6, 6.07) is 9.76. The molecule has 0 atom stereocenters. The average molecular weight is 555 g/mol. The maximum absolute atomic E-state index is 15.1. The van der Waals surface area contributed by atoms with Gasteiger partial charge in [-0.25, -0.2) is 17.2 Å². The van der Waals surface area contributed by atoms with Gasteiger partial charge in [-0.2, -0.15) is 13.2 Å². The smallest absolute Gasteiger partial charge is 0.422 e. The van der Waals surface area contributed by atoms with Crippen molar-refractivity contribution in [2.24, 2.45) is 0 Å². The molecule has 2 aromatic heterocycles. The summed E-state index contributed by atoms with van der Waals surface area (Å²) in [7, 11) is -2.84. The average Bonchev–Trinajstić information content (AvgIpc) is 3.33. The lowest BCUT2D eigenvalue weighted by atomic mass is 9.68. The van der Waals surface area contributed by atoms with Gasteiger partial charge in [0.2, 0.25) is 5.67 Å². The van der Waals surface area contributed by atoms with Crippen LogP contribution in [0, 0.1) is 5.82 Å². The molecule has 14 heteroatoms. The molecule has 1 saturated carbocycles. The van der Waals surface area contributed by atoms with E-state index in [2.05, 4.69) is 14.4 Å². The predicted molar refractivity (Wildman–Crippen MR) is 125 cm³/mol. The monoisotopic (exact) mass is 555 g/mol. The molecule has 1 fully saturated rings. The minimum absolute atomic E-state index is 0.0382. The Morgan fingerprint density at radius 2 is 1.87 bits per heavy atom. The Balaban J connectivity index is 1.55. The number of benzene rings is 2. The number of hydrogen-bond donors (Lipinski definition) is 1. The molecule has 2 aromatic carbocycles. The molecule has 4 aromatic rings. The SMILES string of the molecule is COc1cc([C@H]2C[C@](F)(C(F)(F)F)C2)c(F)cc1-n1c(=O)ccc2cc(S(=O)(=O)Nc3ccon3)ccc21. The van der Waals surface area contributed by atoms with E-state index in [1.807, 2.05) is 0 Å². The quantitative estimate of drug-likeness (QED) is 0.333. The fraction of sp³-hybridized carbons (Fsp3) is 0.250. The Labute approximate surface area is 211 Å². The second-order valence-corrected chi connectivity index (χ2v) is 10.5. The van der Waals surface area contributed by atoms with Crippen LogP contribution in [0.2, 0.25) is 0 Å². The second kappa shape index (κ2) is 8.82. The molecule has 0 aliphatic heterocycles. The van der Waals surface area contributed by atoms with Gasteiger partial charge in [0.15, 0.2) is 5.82 Å². The van der Waals surface area contributed by atoms with Gasteiger partial charge in [0.05, 0.1) is 23.2 Å². The van der Waals surface area contributed by atoms with E-state index in [1.54, 1.807) is 0 Å². The van der Waals surface area contributed by atoms with Crippen molar-refractivity contribution < 1.29 is 39.6 Å². The van der Waals surface area contributed by atoms with Crippen LogP contribution in [-0.4, -0.2) is 37.1 Å². The first-order chi connectivity index (χ1) is 17.8. The van der Waals surface area contributed by atoms with E-state index in [9.17, 15) is 30.8 Å². The molecule has 0 bridgehead atoms. The summed E-state index contributed by atoms with van der Waals surface area (Å²) in [5, 5.41) is 3.79. The summed E-state index contributed by atoms with van der Waals surface area (Å²) >= 11 is 0. The standard InChI is InChI=1S/C24H18F5N3O5S/c1-36-20-9-16(14-11-23(26,12-14)24(27,28)29)17(25)10-19(20)32-18-4-3-15(8-13(18)2-5-22(32)33)38(34,35)31-21-6-7-37-30-21/h2-10,14H,11-12H2,1H3,(H,30,31)/t14-,23+.